The van der Waals surface area contributed by atoms with Gasteiger partial charge in [-0.2, -0.15) is 0 Å². The minimum atomic E-state index is -0.931. The molecule has 0 saturated carbocycles. The molecule has 3 aromatic rings. The summed E-state index contributed by atoms with van der Waals surface area (Å²) < 4.78 is 5.52. The molecule has 34 heavy (non-hydrogen) atoms. The van der Waals surface area contributed by atoms with E-state index in [4.69, 9.17) is 21.3 Å². The van der Waals surface area contributed by atoms with E-state index in [1.165, 1.54) is 0 Å². The first-order valence-corrected chi connectivity index (χ1v) is 11.6. The second-order valence-electron chi connectivity index (χ2n) is 9.22. The largest absolute Gasteiger partial charge is 0.460 e. The van der Waals surface area contributed by atoms with Crippen molar-refractivity contribution < 1.29 is 14.3 Å². The fourth-order valence-electron chi connectivity index (χ4n) is 3.94. The van der Waals surface area contributed by atoms with Gasteiger partial charge in [0, 0.05) is 16.1 Å². The van der Waals surface area contributed by atoms with E-state index >= 15 is 0 Å². The van der Waals surface area contributed by atoms with Crippen LogP contribution in [0.4, 0.5) is 5.69 Å². The summed E-state index contributed by atoms with van der Waals surface area (Å²) in [5, 5.41) is 0.542. The third-order valence-electron chi connectivity index (χ3n) is 5.35. The molecule has 4 rings (SSSR count). The number of benzodiazepines with no additional fused rings is 1. The lowest BCUT2D eigenvalue weighted by atomic mass is 10.00. The molecule has 3 aromatic carbocycles. The van der Waals surface area contributed by atoms with Crippen molar-refractivity contribution in [3.05, 3.63) is 101 Å². The highest BCUT2D eigenvalue weighted by atomic mass is 35.5. The number of fused-ring (bicyclic) bond motifs is 1. The number of carbonyl (C=O) groups excluding carboxylic acids is 2. The molecule has 0 fully saturated rings. The topological polar surface area (TPSA) is 59.0 Å². The summed E-state index contributed by atoms with van der Waals surface area (Å²) in [5.74, 6) is -0.727. The van der Waals surface area contributed by atoms with Crippen molar-refractivity contribution in [2.75, 3.05) is 4.90 Å². The molecule has 0 spiro atoms. The molecule has 0 N–H and O–H groups in total. The summed E-state index contributed by atoms with van der Waals surface area (Å²) in [4.78, 5) is 33.1. The van der Waals surface area contributed by atoms with E-state index in [9.17, 15) is 9.59 Å². The van der Waals surface area contributed by atoms with Gasteiger partial charge < -0.3 is 9.64 Å². The number of nitrogens with zero attached hydrogens (tertiary/aromatic N) is 2. The summed E-state index contributed by atoms with van der Waals surface area (Å²) in [6, 6.07) is 23.9. The molecule has 1 aliphatic heterocycles. The summed E-state index contributed by atoms with van der Waals surface area (Å²) in [5.41, 5.74) is 3.22. The maximum Gasteiger partial charge on any atom is 0.309 e. The van der Waals surface area contributed by atoms with Gasteiger partial charge in [0.2, 0.25) is 0 Å². The van der Waals surface area contributed by atoms with Crippen LogP contribution in [-0.4, -0.2) is 29.2 Å². The molecule has 0 saturated heterocycles. The van der Waals surface area contributed by atoms with E-state index < -0.39 is 17.6 Å². The minimum Gasteiger partial charge on any atom is -0.460 e. The lowest BCUT2D eigenvalue weighted by Crippen LogP contribution is -2.39. The Balaban J connectivity index is 1.84. The highest BCUT2D eigenvalue weighted by Crippen LogP contribution is 2.33. The van der Waals surface area contributed by atoms with Crippen molar-refractivity contribution in [3.63, 3.8) is 0 Å². The average Bonchev–Trinajstić information content (AvgIpc) is 2.89. The number of hydrogen-bond acceptors (Lipinski definition) is 4. The Hall–Kier alpha value is -3.44. The smallest absolute Gasteiger partial charge is 0.309 e. The molecule has 5 nitrogen and oxygen atoms in total. The number of anilines is 1. The van der Waals surface area contributed by atoms with E-state index in [2.05, 4.69) is 0 Å². The van der Waals surface area contributed by atoms with Crippen LogP contribution in [0.3, 0.4) is 0 Å². The molecule has 174 valence electrons. The number of rotatable bonds is 5. The normalized spacial score (nSPS) is 15.9. The van der Waals surface area contributed by atoms with E-state index in [0.29, 0.717) is 23.0 Å². The molecule has 1 atom stereocenters. The summed E-state index contributed by atoms with van der Waals surface area (Å²) in [6.07, 6.45) is -0.153. The standard InChI is InChI=1S/C28H27ClN2O3/c1-28(2,3)34-25(32)17-23-27(33)31(18-19-10-6-4-7-11-19)24-15-14-21(29)16-22(24)26(30-23)20-12-8-5-9-13-20/h4-16,23H,17-18H2,1-3H3. The van der Waals surface area contributed by atoms with Crippen LogP contribution >= 0.6 is 11.6 Å². The number of aliphatic imine (C=N–C) groups is 1. The molecule has 6 heteroatoms. The first-order chi connectivity index (χ1) is 16.2. The van der Waals surface area contributed by atoms with Crippen molar-refractivity contribution in [3.8, 4) is 0 Å². The second-order valence-corrected chi connectivity index (χ2v) is 9.66. The highest BCUT2D eigenvalue weighted by molar-refractivity contribution is 6.32. The number of benzene rings is 3. The number of hydrogen-bond donors (Lipinski definition) is 0. The Labute approximate surface area is 205 Å². The Morgan fingerprint density at radius 1 is 1.00 bits per heavy atom. The Bertz CT molecular complexity index is 1220. The van der Waals surface area contributed by atoms with Crippen molar-refractivity contribution in [1.82, 2.24) is 0 Å². The van der Waals surface area contributed by atoms with Crippen LogP contribution in [0.5, 0.6) is 0 Å². The third-order valence-corrected chi connectivity index (χ3v) is 5.59. The molecule has 0 bridgehead atoms. The van der Waals surface area contributed by atoms with E-state index in [1.807, 2.05) is 72.8 Å². The van der Waals surface area contributed by atoms with Crippen LogP contribution in [0.15, 0.2) is 83.9 Å². The summed E-state index contributed by atoms with van der Waals surface area (Å²) in [7, 11) is 0. The Kier molecular flexibility index (Phi) is 6.85. The van der Waals surface area contributed by atoms with Crippen LogP contribution < -0.4 is 4.90 Å². The molecule has 0 aliphatic carbocycles. The predicted octanol–water partition coefficient (Wildman–Crippen LogP) is 5.82. The van der Waals surface area contributed by atoms with Gasteiger partial charge in [-0.1, -0.05) is 72.3 Å². The molecule has 1 unspecified atom stereocenters. The van der Waals surface area contributed by atoms with Crippen molar-refractivity contribution in [2.24, 2.45) is 4.99 Å². The molecule has 0 aromatic heterocycles. The fourth-order valence-corrected chi connectivity index (χ4v) is 4.11. The van der Waals surface area contributed by atoms with Gasteiger partial charge in [-0.25, -0.2) is 0 Å². The number of amides is 1. The van der Waals surface area contributed by atoms with Crippen LogP contribution in [0.2, 0.25) is 5.02 Å². The van der Waals surface area contributed by atoms with E-state index in [1.54, 1.807) is 31.7 Å². The number of halogens is 1. The van der Waals surface area contributed by atoms with Gasteiger partial charge in [0.15, 0.2) is 0 Å². The van der Waals surface area contributed by atoms with Gasteiger partial charge >= 0.3 is 5.97 Å². The summed E-state index contributed by atoms with van der Waals surface area (Å²) >= 11 is 6.39. The first-order valence-electron chi connectivity index (χ1n) is 11.2. The molecule has 1 heterocycles. The monoisotopic (exact) mass is 474 g/mol. The molecule has 0 radical (unpaired) electrons. The van der Waals surface area contributed by atoms with Crippen molar-refractivity contribution in [2.45, 2.75) is 45.4 Å². The predicted molar refractivity (Wildman–Crippen MR) is 135 cm³/mol. The van der Waals surface area contributed by atoms with Crippen molar-refractivity contribution in [1.29, 1.82) is 0 Å². The van der Waals surface area contributed by atoms with Gasteiger partial charge in [-0.05, 0) is 44.5 Å². The van der Waals surface area contributed by atoms with Crippen molar-refractivity contribution >= 4 is 34.9 Å². The lowest BCUT2D eigenvalue weighted by Gasteiger charge is -2.26. The molecular weight excluding hydrogens is 448 g/mol. The zero-order valence-electron chi connectivity index (χ0n) is 19.5. The molecule has 1 aliphatic rings. The SMILES string of the molecule is CC(C)(C)OC(=O)CC1N=C(c2ccccc2)c2cc(Cl)ccc2N(Cc2ccccc2)C1=O. The zero-order chi connectivity index (χ0) is 24.3. The number of esters is 1. The van der Waals surface area contributed by atoms with Gasteiger partial charge in [0.05, 0.1) is 24.4 Å². The van der Waals surface area contributed by atoms with E-state index in [0.717, 1.165) is 16.7 Å². The Morgan fingerprint density at radius 2 is 1.65 bits per heavy atom. The third kappa shape index (κ3) is 5.54. The quantitative estimate of drug-likeness (QED) is 0.437. The van der Waals surface area contributed by atoms with Crippen LogP contribution in [0.1, 0.15) is 43.9 Å². The van der Waals surface area contributed by atoms with Crippen LogP contribution in [-0.2, 0) is 20.9 Å². The van der Waals surface area contributed by atoms with Gasteiger partial charge in [0.25, 0.3) is 5.91 Å². The number of carbonyl (C=O) groups is 2. The van der Waals surface area contributed by atoms with Gasteiger partial charge in [-0.15, -0.1) is 0 Å². The highest BCUT2D eigenvalue weighted by Gasteiger charge is 2.34. The number of ether oxygens (including phenoxy) is 1. The second kappa shape index (κ2) is 9.82. The maximum atomic E-state index is 13.9. The first kappa shape index (κ1) is 23.7. The maximum absolute atomic E-state index is 13.9. The zero-order valence-corrected chi connectivity index (χ0v) is 20.3. The van der Waals surface area contributed by atoms with E-state index in [-0.39, 0.29) is 12.3 Å². The molecular formula is C28H27ClN2O3. The van der Waals surface area contributed by atoms with Gasteiger partial charge in [-0.3, -0.25) is 14.6 Å². The Morgan fingerprint density at radius 3 is 2.29 bits per heavy atom. The minimum absolute atomic E-state index is 0.153. The lowest BCUT2D eigenvalue weighted by molar-refractivity contribution is -0.156. The van der Waals surface area contributed by atoms with Crippen LogP contribution in [0.25, 0.3) is 0 Å². The fraction of sp³-hybridized carbons (Fsp3) is 0.250. The summed E-state index contributed by atoms with van der Waals surface area (Å²) in [6.45, 7) is 5.75. The van der Waals surface area contributed by atoms with Gasteiger partial charge in [0.1, 0.15) is 11.6 Å². The molecule has 1 amide bonds. The average molecular weight is 475 g/mol. The van der Waals surface area contributed by atoms with Crippen LogP contribution in [0, 0.1) is 0 Å².